The fourth-order valence-corrected chi connectivity index (χ4v) is 2.11. The van der Waals surface area contributed by atoms with Gasteiger partial charge in [0.05, 0.1) is 6.07 Å². The van der Waals surface area contributed by atoms with Crippen molar-refractivity contribution in [1.82, 2.24) is 4.90 Å². The number of rotatable bonds is 6. The highest BCUT2D eigenvalue weighted by molar-refractivity contribution is 5.18. The van der Waals surface area contributed by atoms with E-state index in [1.165, 1.54) is 12.1 Å². The maximum Gasteiger partial charge on any atom is 0.129 e. The van der Waals surface area contributed by atoms with Gasteiger partial charge in [0.1, 0.15) is 11.6 Å². The first-order valence-electron chi connectivity index (χ1n) is 6.90. The molecule has 0 aliphatic carbocycles. The predicted molar refractivity (Wildman–Crippen MR) is 76.2 cm³/mol. The van der Waals surface area contributed by atoms with Crippen molar-refractivity contribution in [2.45, 2.75) is 45.6 Å². The van der Waals surface area contributed by atoms with Gasteiger partial charge in [-0.15, -0.1) is 0 Å². The maximum atomic E-state index is 13.6. The molecule has 4 heteroatoms. The lowest BCUT2D eigenvalue weighted by Crippen LogP contribution is -2.43. The van der Waals surface area contributed by atoms with E-state index in [-0.39, 0.29) is 5.54 Å². The molecule has 0 spiro atoms. The summed E-state index contributed by atoms with van der Waals surface area (Å²) in [5.41, 5.74) is 0.493. The summed E-state index contributed by atoms with van der Waals surface area (Å²) in [6.45, 7) is 7.79. The summed E-state index contributed by atoms with van der Waals surface area (Å²) in [5, 5.41) is 8.60. The van der Waals surface area contributed by atoms with Gasteiger partial charge in [0.2, 0.25) is 0 Å². The number of benzene rings is 1. The summed E-state index contributed by atoms with van der Waals surface area (Å²) in [5.74, 6) is -1.04. The predicted octanol–water partition coefficient (Wildman–Crippen LogP) is 3.91. The SMILES string of the molecule is CC(C)(C)N(CCCC#N)CCc1ccc(F)cc1F. The highest BCUT2D eigenvalue weighted by atomic mass is 19.1. The lowest BCUT2D eigenvalue weighted by molar-refractivity contribution is 0.136. The van der Waals surface area contributed by atoms with Crippen LogP contribution in [0.5, 0.6) is 0 Å². The summed E-state index contributed by atoms with van der Waals surface area (Å²) >= 11 is 0. The second kappa shape index (κ2) is 7.35. The zero-order valence-electron chi connectivity index (χ0n) is 12.4. The van der Waals surface area contributed by atoms with Crippen molar-refractivity contribution in [3.05, 3.63) is 35.4 Å². The molecule has 0 saturated heterocycles. The Kier molecular flexibility index (Phi) is 6.09. The van der Waals surface area contributed by atoms with Gasteiger partial charge >= 0.3 is 0 Å². The van der Waals surface area contributed by atoms with Crippen LogP contribution >= 0.6 is 0 Å². The minimum Gasteiger partial charge on any atom is -0.298 e. The lowest BCUT2D eigenvalue weighted by atomic mass is 10.0. The first-order valence-corrected chi connectivity index (χ1v) is 6.90. The third kappa shape index (κ3) is 5.26. The van der Waals surface area contributed by atoms with E-state index in [0.29, 0.717) is 24.9 Å². The van der Waals surface area contributed by atoms with Gasteiger partial charge in [0.15, 0.2) is 0 Å². The third-order valence-corrected chi connectivity index (χ3v) is 3.33. The molecule has 0 amide bonds. The number of hydrogen-bond donors (Lipinski definition) is 0. The molecule has 0 unspecified atom stereocenters. The van der Waals surface area contributed by atoms with Crippen molar-refractivity contribution < 1.29 is 8.78 Å². The Balaban J connectivity index is 2.64. The molecule has 0 bridgehead atoms. The average Bonchev–Trinajstić information content (AvgIpc) is 2.34. The molecule has 2 nitrogen and oxygen atoms in total. The van der Waals surface area contributed by atoms with Crippen molar-refractivity contribution in [1.29, 1.82) is 5.26 Å². The molecule has 0 saturated carbocycles. The van der Waals surface area contributed by atoms with Gasteiger partial charge in [-0.1, -0.05) is 6.07 Å². The van der Waals surface area contributed by atoms with E-state index in [9.17, 15) is 8.78 Å². The van der Waals surface area contributed by atoms with Gasteiger partial charge in [-0.3, -0.25) is 4.90 Å². The zero-order valence-corrected chi connectivity index (χ0v) is 12.4. The third-order valence-electron chi connectivity index (χ3n) is 3.33. The highest BCUT2D eigenvalue weighted by Gasteiger charge is 2.20. The van der Waals surface area contributed by atoms with E-state index in [1.54, 1.807) is 0 Å². The number of hydrogen-bond acceptors (Lipinski definition) is 2. The molecule has 0 aliphatic rings. The quantitative estimate of drug-likeness (QED) is 0.739. The van der Waals surface area contributed by atoms with Gasteiger partial charge in [0.25, 0.3) is 0 Å². The molecule has 0 radical (unpaired) electrons. The Bertz CT molecular complexity index is 472. The normalized spacial score (nSPS) is 11.7. The van der Waals surface area contributed by atoms with Crippen LogP contribution in [0.15, 0.2) is 18.2 Å². The maximum absolute atomic E-state index is 13.6. The molecule has 1 rings (SSSR count). The van der Waals surface area contributed by atoms with Crippen molar-refractivity contribution in [2.75, 3.05) is 13.1 Å². The van der Waals surface area contributed by atoms with E-state index < -0.39 is 11.6 Å². The van der Waals surface area contributed by atoms with Crippen LogP contribution in [0.4, 0.5) is 8.78 Å². The van der Waals surface area contributed by atoms with Crippen LogP contribution in [-0.4, -0.2) is 23.5 Å². The van der Waals surface area contributed by atoms with Crippen LogP contribution in [0.25, 0.3) is 0 Å². The van der Waals surface area contributed by atoms with Gasteiger partial charge < -0.3 is 0 Å². The van der Waals surface area contributed by atoms with Crippen molar-refractivity contribution in [3.8, 4) is 6.07 Å². The zero-order chi connectivity index (χ0) is 15.2. The molecule has 110 valence electrons. The van der Waals surface area contributed by atoms with Crippen molar-refractivity contribution in [2.24, 2.45) is 0 Å². The number of nitriles is 1. The van der Waals surface area contributed by atoms with E-state index in [2.05, 4.69) is 31.7 Å². The topological polar surface area (TPSA) is 27.0 Å². The number of unbranched alkanes of at least 4 members (excludes halogenated alkanes) is 1. The second-order valence-corrected chi connectivity index (χ2v) is 5.91. The summed E-state index contributed by atoms with van der Waals surface area (Å²) in [7, 11) is 0. The average molecular weight is 280 g/mol. The first-order chi connectivity index (χ1) is 9.34. The van der Waals surface area contributed by atoms with Crippen LogP contribution in [-0.2, 0) is 6.42 Å². The largest absolute Gasteiger partial charge is 0.298 e. The van der Waals surface area contributed by atoms with Gasteiger partial charge in [-0.05, 0) is 51.8 Å². The molecule has 0 aromatic heterocycles. The summed E-state index contributed by atoms with van der Waals surface area (Å²) in [6.07, 6.45) is 1.87. The number of halogens is 2. The fourth-order valence-electron chi connectivity index (χ4n) is 2.11. The molecule has 0 aliphatic heterocycles. The Labute approximate surface area is 120 Å². The summed E-state index contributed by atoms with van der Waals surface area (Å²) in [6, 6.07) is 5.85. The Morgan fingerprint density at radius 1 is 1.20 bits per heavy atom. The Morgan fingerprint density at radius 2 is 1.90 bits per heavy atom. The highest BCUT2D eigenvalue weighted by Crippen LogP contribution is 2.17. The molecule has 0 N–H and O–H groups in total. The molecular formula is C16H22F2N2. The van der Waals surface area contributed by atoms with Crippen molar-refractivity contribution >= 4 is 0 Å². The monoisotopic (exact) mass is 280 g/mol. The first kappa shape index (κ1) is 16.6. The van der Waals surface area contributed by atoms with E-state index in [0.717, 1.165) is 19.0 Å². The molecule has 0 atom stereocenters. The Hall–Kier alpha value is -1.47. The second-order valence-electron chi connectivity index (χ2n) is 5.91. The molecule has 0 heterocycles. The van der Waals surface area contributed by atoms with Gasteiger partial charge in [-0.25, -0.2) is 8.78 Å². The van der Waals surface area contributed by atoms with Crippen LogP contribution in [0.2, 0.25) is 0 Å². The van der Waals surface area contributed by atoms with Crippen LogP contribution < -0.4 is 0 Å². The number of nitrogens with zero attached hydrogens (tertiary/aromatic N) is 2. The van der Waals surface area contributed by atoms with Crippen LogP contribution in [0.3, 0.4) is 0 Å². The van der Waals surface area contributed by atoms with E-state index in [4.69, 9.17) is 5.26 Å². The smallest absolute Gasteiger partial charge is 0.129 e. The summed E-state index contributed by atoms with van der Waals surface area (Å²) in [4.78, 5) is 2.23. The van der Waals surface area contributed by atoms with Crippen LogP contribution in [0, 0.1) is 23.0 Å². The molecule has 1 aromatic carbocycles. The Morgan fingerprint density at radius 3 is 2.45 bits per heavy atom. The van der Waals surface area contributed by atoms with Gasteiger partial charge in [0, 0.05) is 24.6 Å². The fraction of sp³-hybridized carbons (Fsp3) is 0.562. The minimum absolute atomic E-state index is 0.0358. The van der Waals surface area contributed by atoms with Gasteiger partial charge in [-0.2, -0.15) is 5.26 Å². The van der Waals surface area contributed by atoms with E-state index >= 15 is 0 Å². The molecule has 20 heavy (non-hydrogen) atoms. The molecular weight excluding hydrogens is 258 g/mol. The van der Waals surface area contributed by atoms with E-state index in [1.807, 2.05) is 0 Å². The standard InChI is InChI=1S/C16H22F2N2/c1-16(2,3)20(10-5-4-9-19)11-8-13-6-7-14(17)12-15(13)18/h6-7,12H,4-5,8,10-11H2,1-3H3. The summed E-state index contributed by atoms with van der Waals surface area (Å²) < 4.78 is 26.5. The van der Waals surface area contributed by atoms with Crippen LogP contribution in [0.1, 0.15) is 39.2 Å². The van der Waals surface area contributed by atoms with Crippen molar-refractivity contribution in [3.63, 3.8) is 0 Å². The minimum atomic E-state index is -0.548. The molecule has 1 aromatic rings. The lowest BCUT2D eigenvalue weighted by Gasteiger charge is -2.35. The molecule has 0 fully saturated rings.